The van der Waals surface area contributed by atoms with E-state index in [2.05, 4.69) is 15.1 Å². The first kappa shape index (κ1) is 14.2. The van der Waals surface area contributed by atoms with Gasteiger partial charge in [-0.3, -0.25) is 9.78 Å². The molecule has 0 aliphatic carbocycles. The van der Waals surface area contributed by atoms with Crippen molar-refractivity contribution in [2.75, 3.05) is 6.54 Å². The Balaban J connectivity index is 1.86. The predicted molar refractivity (Wildman–Crippen MR) is 82.4 cm³/mol. The van der Waals surface area contributed by atoms with Crippen LogP contribution in [0.2, 0.25) is 0 Å². The molecule has 22 heavy (non-hydrogen) atoms. The molecule has 0 bridgehead atoms. The van der Waals surface area contributed by atoms with Gasteiger partial charge in [-0.2, -0.15) is 5.10 Å². The summed E-state index contributed by atoms with van der Waals surface area (Å²) in [5.41, 5.74) is 3.13. The normalized spacial score (nSPS) is 10.8. The summed E-state index contributed by atoms with van der Waals surface area (Å²) >= 11 is 0. The lowest BCUT2D eigenvalue weighted by molar-refractivity contribution is 0.0746. The van der Waals surface area contributed by atoms with Crippen molar-refractivity contribution in [1.82, 2.24) is 24.5 Å². The smallest absolute Gasteiger partial charge is 0.274 e. The van der Waals surface area contributed by atoms with E-state index in [9.17, 15) is 4.79 Å². The van der Waals surface area contributed by atoms with Crippen molar-refractivity contribution in [1.29, 1.82) is 0 Å². The fraction of sp³-hybridized carbons (Fsp3) is 0.250. The molecule has 0 aliphatic rings. The van der Waals surface area contributed by atoms with Crippen LogP contribution in [-0.4, -0.2) is 36.9 Å². The summed E-state index contributed by atoms with van der Waals surface area (Å²) in [6, 6.07) is 5.53. The topological polar surface area (TPSA) is 63.4 Å². The lowest BCUT2D eigenvalue weighted by Crippen LogP contribution is -2.30. The Morgan fingerprint density at radius 1 is 1.32 bits per heavy atom. The second-order valence-electron chi connectivity index (χ2n) is 5.14. The zero-order valence-corrected chi connectivity index (χ0v) is 12.6. The quantitative estimate of drug-likeness (QED) is 0.739. The van der Waals surface area contributed by atoms with E-state index in [0.717, 1.165) is 11.1 Å². The largest absolute Gasteiger partial charge is 0.333 e. The average Bonchev–Trinajstić information content (AvgIpc) is 2.96. The molecule has 0 unspecified atom stereocenters. The van der Waals surface area contributed by atoms with E-state index in [1.54, 1.807) is 34.1 Å². The van der Waals surface area contributed by atoms with Crippen LogP contribution >= 0.6 is 0 Å². The lowest BCUT2D eigenvalue weighted by Gasteiger charge is -2.19. The van der Waals surface area contributed by atoms with E-state index in [1.807, 2.05) is 32.2 Å². The molecule has 0 fully saturated rings. The Labute approximate surface area is 128 Å². The van der Waals surface area contributed by atoms with E-state index in [4.69, 9.17) is 0 Å². The minimum absolute atomic E-state index is 0.0949. The molecule has 6 nitrogen and oxygen atoms in total. The standard InChI is InChI=1S/C16H17N5O/c1-3-20(11-13-4-6-17-7-5-13)16(22)14-8-15-18-9-12(2)10-21(15)19-14/h4-10H,3,11H2,1-2H3. The van der Waals surface area contributed by atoms with Crippen molar-refractivity contribution in [3.8, 4) is 0 Å². The van der Waals surface area contributed by atoms with E-state index in [-0.39, 0.29) is 5.91 Å². The summed E-state index contributed by atoms with van der Waals surface area (Å²) in [6.45, 7) is 5.05. The number of nitrogens with zero attached hydrogens (tertiary/aromatic N) is 5. The molecule has 0 atom stereocenters. The van der Waals surface area contributed by atoms with Crippen molar-refractivity contribution in [2.45, 2.75) is 20.4 Å². The van der Waals surface area contributed by atoms with Crippen LogP contribution in [0.5, 0.6) is 0 Å². The number of amides is 1. The molecule has 6 heteroatoms. The number of pyridine rings is 1. The van der Waals surface area contributed by atoms with Gasteiger partial charge in [0.1, 0.15) is 0 Å². The van der Waals surface area contributed by atoms with Gasteiger partial charge in [0, 0.05) is 43.9 Å². The van der Waals surface area contributed by atoms with Gasteiger partial charge in [0.15, 0.2) is 11.3 Å². The van der Waals surface area contributed by atoms with Gasteiger partial charge in [0.25, 0.3) is 5.91 Å². The van der Waals surface area contributed by atoms with Crippen molar-refractivity contribution in [3.05, 3.63) is 59.8 Å². The summed E-state index contributed by atoms with van der Waals surface area (Å²) in [5.74, 6) is -0.0949. The summed E-state index contributed by atoms with van der Waals surface area (Å²) < 4.78 is 1.64. The van der Waals surface area contributed by atoms with Crippen molar-refractivity contribution in [3.63, 3.8) is 0 Å². The first-order chi connectivity index (χ1) is 10.7. The molecule has 3 aromatic rings. The summed E-state index contributed by atoms with van der Waals surface area (Å²) in [4.78, 5) is 22.7. The number of hydrogen-bond donors (Lipinski definition) is 0. The van der Waals surface area contributed by atoms with Gasteiger partial charge in [-0.15, -0.1) is 0 Å². The van der Waals surface area contributed by atoms with Gasteiger partial charge < -0.3 is 4.90 Å². The highest BCUT2D eigenvalue weighted by Gasteiger charge is 2.18. The van der Waals surface area contributed by atoms with Crippen molar-refractivity contribution in [2.24, 2.45) is 0 Å². The van der Waals surface area contributed by atoms with Crippen LogP contribution in [-0.2, 0) is 6.54 Å². The first-order valence-electron chi connectivity index (χ1n) is 7.17. The van der Waals surface area contributed by atoms with Crippen molar-refractivity contribution >= 4 is 11.6 Å². The Kier molecular flexibility index (Phi) is 3.82. The third-order valence-electron chi connectivity index (χ3n) is 3.45. The fourth-order valence-corrected chi connectivity index (χ4v) is 2.27. The van der Waals surface area contributed by atoms with Crippen LogP contribution in [0.1, 0.15) is 28.5 Å². The Hall–Kier alpha value is -2.76. The van der Waals surface area contributed by atoms with Crippen LogP contribution in [0, 0.1) is 6.92 Å². The molecule has 0 radical (unpaired) electrons. The molecule has 0 saturated heterocycles. The summed E-state index contributed by atoms with van der Waals surface area (Å²) in [6.07, 6.45) is 7.08. The summed E-state index contributed by atoms with van der Waals surface area (Å²) in [5, 5.41) is 4.33. The maximum absolute atomic E-state index is 12.6. The third-order valence-corrected chi connectivity index (χ3v) is 3.45. The maximum Gasteiger partial charge on any atom is 0.274 e. The Bertz CT molecular complexity index is 797. The Morgan fingerprint density at radius 3 is 2.82 bits per heavy atom. The molecule has 0 aromatic carbocycles. The molecular weight excluding hydrogens is 278 g/mol. The van der Waals surface area contributed by atoms with Gasteiger partial charge in [-0.1, -0.05) is 0 Å². The highest BCUT2D eigenvalue weighted by atomic mass is 16.2. The number of carbonyl (C=O) groups is 1. The Morgan fingerprint density at radius 2 is 2.09 bits per heavy atom. The average molecular weight is 295 g/mol. The molecule has 3 aromatic heterocycles. The molecule has 0 aliphatic heterocycles. The molecular formula is C16H17N5O. The number of fused-ring (bicyclic) bond motifs is 1. The zero-order valence-electron chi connectivity index (χ0n) is 12.6. The maximum atomic E-state index is 12.6. The number of aryl methyl sites for hydroxylation is 1. The fourth-order valence-electron chi connectivity index (χ4n) is 2.27. The number of aromatic nitrogens is 4. The molecule has 112 valence electrons. The van der Waals surface area contributed by atoms with E-state index in [1.165, 1.54) is 0 Å². The SMILES string of the molecule is CCN(Cc1ccncc1)C(=O)c1cc2ncc(C)cn2n1. The molecule has 3 heterocycles. The predicted octanol–water partition coefficient (Wildman–Crippen LogP) is 2.10. The monoisotopic (exact) mass is 295 g/mol. The van der Waals surface area contributed by atoms with Crippen LogP contribution in [0.3, 0.4) is 0 Å². The highest BCUT2D eigenvalue weighted by molar-refractivity contribution is 5.93. The zero-order chi connectivity index (χ0) is 15.5. The first-order valence-corrected chi connectivity index (χ1v) is 7.17. The third kappa shape index (κ3) is 2.81. The minimum Gasteiger partial charge on any atom is -0.333 e. The van der Waals surface area contributed by atoms with E-state index in [0.29, 0.717) is 24.4 Å². The molecule has 0 saturated carbocycles. The van der Waals surface area contributed by atoms with Crippen LogP contribution in [0.15, 0.2) is 43.0 Å². The molecule has 1 amide bonds. The van der Waals surface area contributed by atoms with Gasteiger partial charge in [-0.05, 0) is 37.1 Å². The summed E-state index contributed by atoms with van der Waals surface area (Å²) in [7, 11) is 0. The van der Waals surface area contributed by atoms with Crippen molar-refractivity contribution < 1.29 is 4.79 Å². The second-order valence-corrected chi connectivity index (χ2v) is 5.14. The number of carbonyl (C=O) groups excluding carboxylic acids is 1. The van der Waals surface area contributed by atoms with Gasteiger partial charge in [0.2, 0.25) is 0 Å². The molecule has 0 N–H and O–H groups in total. The number of rotatable bonds is 4. The van der Waals surface area contributed by atoms with Crippen LogP contribution in [0.25, 0.3) is 5.65 Å². The minimum atomic E-state index is -0.0949. The molecule has 3 rings (SSSR count). The van der Waals surface area contributed by atoms with Gasteiger partial charge >= 0.3 is 0 Å². The highest BCUT2D eigenvalue weighted by Crippen LogP contribution is 2.11. The molecule has 0 spiro atoms. The van der Waals surface area contributed by atoms with Crippen LogP contribution in [0.4, 0.5) is 0 Å². The van der Waals surface area contributed by atoms with Gasteiger partial charge in [-0.25, -0.2) is 9.50 Å². The number of hydrogen-bond acceptors (Lipinski definition) is 4. The second kappa shape index (κ2) is 5.93. The lowest BCUT2D eigenvalue weighted by atomic mass is 10.2. The van der Waals surface area contributed by atoms with E-state index < -0.39 is 0 Å². The van der Waals surface area contributed by atoms with Gasteiger partial charge in [0.05, 0.1) is 0 Å². The van der Waals surface area contributed by atoms with E-state index >= 15 is 0 Å². The van der Waals surface area contributed by atoms with Crippen LogP contribution < -0.4 is 0 Å².